The Morgan fingerprint density at radius 2 is 2.14 bits per heavy atom. The summed E-state index contributed by atoms with van der Waals surface area (Å²) in [6, 6.07) is 11.0. The van der Waals surface area contributed by atoms with Crippen LogP contribution in [0.15, 0.2) is 48.8 Å². The lowest BCUT2D eigenvalue weighted by Gasteiger charge is -2.08. The molecule has 1 aromatic carbocycles. The molecule has 0 fully saturated rings. The fourth-order valence-corrected chi connectivity index (χ4v) is 2.50. The van der Waals surface area contributed by atoms with Gasteiger partial charge in [0, 0.05) is 30.9 Å². The van der Waals surface area contributed by atoms with Crippen LogP contribution in [0, 0.1) is 0 Å². The number of rotatable bonds is 5. The molecule has 112 valence electrons. The molecule has 0 spiro atoms. The number of nitrogens with zero attached hydrogens (tertiary/aromatic N) is 3. The highest BCUT2D eigenvalue weighted by atomic mass is 35.5. The minimum absolute atomic E-state index is 0.138. The van der Waals surface area contributed by atoms with Crippen molar-refractivity contribution in [3.63, 3.8) is 0 Å². The lowest BCUT2D eigenvalue weighted by molar-refractivity contribution is 0.0954. The zero-order valence-electron chi connectivity index (χ0n) is 11.9. The first-order valence-electron chi connectivity index (χ1n) is 7.05. The monoisotopic (exact) mass is 314 g/mol. The molecule has 1 amide bonds. The number of benzene rings is 1. The summed E-state index contributed by atoms with van der Waals surface area (Å²) in [5.41, 5.74) is 1.27. The predicted molar refractivity (Wildman–Crippen MR) is 85.9 cm³/mol. The molecule has 0 atom stereocenters. The Labute approximate surface area is 132 Å². The molecule has 0 aliphatic heterocycles. The quantitative estimate of drug-likeness (QED) is 0.582. The first kappa shape index (κ1) is 14.5. The van der Waals surface area contributed by atoms with Gasteiger partial charge >= 0.3 is 0 Å². The summed E-state index contributed by atoms with van der Waals surface area (Å²) in [5, 5.41) is 8.16. The summed E-state index contributed by atoms with van der Waals surface area (Å²) in [6.45, 7) is 1.35. The maximum Gasteiger partial charge on any atom is 0.252 e. The second kappa shape index (κ2) is 6.58. The number of carbonyl (C=O) groups excluding carboxylic acids is 1. The van der Waals surface area contributed by atoms with Crippen LogP contribution in [0.1, 0.15) is 16.8 Å². The third kappa shape index (κ3) is 3.26. The fraction of sp³-hybridized carbons (Fsp3) is 0.188. The van der Waals surface area contributed by atoms with E-state index in [0.717, 1.165) is 23.9 Å². The second-order valence-electron chi connectivity index (χ2n) is 4.89. The zero-order chi connectivity index (χ0) is 15.4. The highest BCUT2D eigenvalue weighted by Gasteiger charge is 2.11. The number of aromatic nitrogens is 3. The minimum atomic E-state index is -0.138. The van der Waals surface area contributed by atoms with Crippen LogP contribution in [0.2, 0.25) is 5.15 Å². The summed E-state index contributed by atoms with van der Waals surface area (Å²) in [7, 11) is 0. The van der Waals surface area contributed by atoms with E-state index in [2.05, 4.69) is 15.4 Å². The fourth-order valence-electron chi connectivity index (χ4n) is 2.30. The van der Waals surface area contributed by atoms with E-state index in [-0.39, 0.29) is 5.91 Å². The summed E-state index contributed by atoms with van der Waals surface area (Å²) < 4.78 is 1.84. The van der Waals surface area contributed by atoms with Gasteiger partial charge in [-0.1, -0.05) is 29.8 Å². The number of amides is 1. The van der Waals surface area contributed by atoms with Crippen molar-refractivity contribution in [2.45, 2.75) is 13.0 Å². The molecule has 2 heterocycles. The molecule has 0 aliphatic carbocycles. The Bertz CT molecular complexity index is 786. The van der Waals surface area contributed by atoms with E-state index in [1.165, 1.54) is 0 Å². The molecular formula is C16H15ClN4O. The smallest absolute Gasteiger partial charge is 0.252 e. The first-order valence-corrected chi connectivity index (χ1v) is 7.43. The number of aryl methyl sites for hydroxylation is 1. The van der Waals surface area contributed by atoms with Gasteiger partial charge in [0.2, 0.25) is 0 Å². The number of para-hydroxylation sites is 1. The molecule has 3 rings (SSSR count). The summed E-state index contributed by atoms with van der Waals surface area (Å²) in [5.74, 6) is -0.138. The van der Waals surface area contributed by atoms with Gasteiger partial charge in [0.15, 0.2) is 0 Å². The highest BCUT2D eigenvalue weighted by molar-refractivity contribution is 6.30. The van der Waals surface area contributed by atoms with Crippen molar-refractivity contribution in [3.05, 3.63) is 59.5 Å². The van der Waals surface area contributed by atoms with E-state index in [9.17, 15) is 4.79 Å². The van der Waals surface area contributed by atoms with Gasteiger partial charge in [-0.15, -0.1) is 0 Å². The topological polar surface area (TPSA) is 59.8 Å². The van der Waals surface area contributed by atoms with Crippen molar-refractivity contribution in [2.75, 3.05) is 6.54 Å². The van der Waals surface area contributed by atoms with Crippen molar-refractivity contribution in [2.24, 2.45) is 0 Å². The lowest BCUT2D eigenvalue weighted by atomic mass is 10.1. The van der Waals surface area contributed by atoms with Gasteiger partial charge in [0.25, 0.3) is 5.91 Å². The van der Waals surface area contributed by atoms with Gasteiger partial charge in [-0.25, -0.2) is 4.98 Å². The summed E-state index contributed by atoms with van der Waals surface area (Å²) in [4.78, 5) is 16.6. The molecule has 3 aromatic rings. The normalized spacial score (nSPS) is 10.8. The Kier molecular flexibility index (Phi) is 4.34. The van der Waals surface area contributed by atoms with Crippen molar-refractivity contribution < 1.29 is 4.79 Å². The Balaban J connectivity index is 1.67. The molecular weight excluding hydrogens is 300 g/mol. The van der Waals surface area contributed by atoms with Crippen LogP contribution in [0.4, 0.5) is 0 Å². The Morgan fingerprint density at radius 3 is 2.95 bits per heavy atom. The van der Waals surface area contributed by atoms with Gasteiger partial charge < -0.3 is 5.32 Å². The number of halogens is 1. The predicted octanol–water partition coefficient (Wildman–Crippen LogP) is 2.90. The van der Waals surface area contributed by atoms with E-state index in [4.69, 9.17) is 11.6 Å². The standard InChI is InChI=1S/C16H15ClN4O/c17-15-11-13(12-5-1-2-6-14(12)20-15)16(22)18-7-3-9-21-10-4-8-19-21/h1-2,4-6,8,10-11H,3,7,9H2,(H,18,22). The number of pyridine rings is 1. The molecule has 22 heavy (non-hydrogen) atoms. The Hall–Kier alpha value is -2.40. The van der Waals surface area contributed by atoms with Crippen LogP contribution < -0.4 is 5.32 Å². The highest BCUT2D eigenvalue weighted by Crippen LogP contribution is 2.20. The van der Waals surface area contributed by atoms with Gasteiger partial charge in [-0.2, -0.15) is 5.10 Å². The molecule has 0 aliphatic rings. The number of carbonyl (C=O) groups is 1. The molecule has 2 aromatic heterocycles. The largest absolute Gasteiger partial charge is 0.352 e. The van der Waals surface area contributed by atoms with Crippen LogP contribution in [-0.4, -0.2) is 27.2 Å². The first-order chi connectivity index (χ1) is 10.7. The number of hydrogen-bond acceptors (Lipinski definition) is 3. The molecule has 0 saturated carbocycles. The van der Waals surface area contributed by atoms with E-state index in [1.807, 2.05) is 41.2 Å². The molecule has 0 saturated heterocycles. The van der Waals surface area contributed by atoms with Crippen molar-refractivity contribution in [3.8, 4) is 0 Å². The molecule has 0 unspecified atom stereocenters. The van der Waals surface area contributed by atoms with E-state index in [1.54, 1.807) is 12.3 Å². The zero-order valence-corrected chi connectivity index (χ0v) is 12.6. The molecule has 0 bridgehead atoms. The third-order valence-corrected chi connectivity index (χ3v) is 3.53. The van der Waals surface area contributed by atoms with Gasteiger partial charge in [-0.05, 0) is 24.6 Å². The molecule has 0 radical (unpaired) electrons. The van der Waals surface area contributed by atoms with Crippen molar-refractivity contribution >= 4 is 28.4 Å². The number of fused-ring (bicyclic) bond motifs is 1. The van der Waals surface area contributed by atoms with Crippen LogP contribution in [0.25, 0.3) is 10.9 Å². The average Bonchev–Trinajstić information content (AvgIpc) is 3.04. The van der Waals surface area contributed by atoms with E-state index in [0.29, 0.717) is 17.3 Å². The third-order valence-electron chi connectivity index (χ3n) is 3.34. The van der Waals surface area contributed by atoms with Gasteiger partial charge in [0.05, 0.1) is 11.1 Å². The number of nitrogens with one attached hydrogen (secondary N) is 1. The maximum absolute atomic E-state index is 12.4. The average molecular weight is 315 g/mol. The van der Waals surface area contributed by atoms with Gasteiger partial charge in [-0.3, -0.25) is 9.48 Å². The molecule has 1 N–H and O–H groups in total. The van der Waals surface area contributed by atoms with Crippen LogP contribution >= 0.6 is 11.6 Å². The van der Waals surface area contributed by atoms with Crippen molar-refractivity contribution in [1.82, 2.24) is 20.1 Å². The van der Waals surface area contributed by atoms with Crippen molar-refractivity contribution in [1.29, 1.82) is 0 Å². The summed E-state index contributed by atoms with van der Waals surface area (Å²) >= 11 is 5.99. The van der Waals surface area contributed by atoms with E-state index < -0.39 is 0 Å². The Morgan fingerprint density at radius 1 is 1.27 bits per heavy atom. The minimum Gasteiger partial charge on any atom is -0.352 e. The SMILES string of the molecule is O=C(NCCCn1cccn1)c1cc(Cl)nc2ccccc12. The molecule has 6 heteroatoms. The van der Waals surface area contributed by atoms with Crippen LogP contribution in [0.3, 0.4) is 0 Å². The van der Waals surface area contributed by atoms with Gasteiger partial charge in [0.1, 0.15) is 5.15 Å². The number of hydrogen-bond donors (Lipinski definition) is 1. The second-order valence-corrected chi connectivity index (χ2v) is 5.28. The maximum atomic E-state index is 12.4. The van der Waals surface area contributed by atoms with Crippen LogP contribution in [-0.2, 0) is 6.54 Å². The lowest BCUT2D eigenvalue weighted by Crippen LogP contribution is -2.25. The van der Waals surface area contributed by atoms with E-state index >= 15 is 0 Å². The molecule has 5 nitrogen and oxygen atoms in total. The summed E-state index contributed by atoms with van der Waals surface area (Å²) in [6.07, 6.45) is 4.45. The van der Waals surface area contributed by atoms with Crippen LogP contribution in [0.5, 0.6) is 0 Å².